The van der Waals surface area contributed by atoms with Gasteiger partial charge in [-0.2, -0.15) is 0 Å². The Labute approximate surface area is 139 Å². The van der Waals surface area contributed by atoms with Crippen molar-refractivity contribution in [2.45, 2.75) is 0 Å². The van der Waals surface area contributed by atoms with Crippen molar-refractivity contribution >= 4 is 11.6 Å². The number of pyridine rings is 1. The number of amides is 1. The standard InChI is InChI=1S/C18H17N3O3/c22-11-12-24-16-6-4-15(5-7-16)20-18(23)14-3-8-17(19-13-14)21-9-1-2-10-21/h1-10,13,22H,11-12H2,(H,20,23). The number of carbonyl (C=O) groups is 1. The third kappa shape index (κ3) is 3.80. The van der Waals surface area contributed by atoms with Gasteiger partial charge in [0.1, 0.15) is 18.2 Å². The van der Waals surface area contributed by atoms with E-state index in [2.05, 4.69) is 10.3 Å². The second-order valence-corrected chi connectivity index (χ2v) is 5.05. The van der Waals surface area contributed by atoms with Gasteiger partial charge in [-0.15, -0.1) is 0 Å². The number of carbonyl (C=O) groups excluding carboxylic acids is 1. The molecule has 0 unspecified atom stereocenters. The molecule has 1 aromatic carbocycles. The quantitative estimate of drug-likeness (QED) is 0.731. The summed E-state index contributed by atoms with van der Waals surface area (Å²) in [6, 6.07) is 14.3. The summed E-state index contributed by atoms with van der Waals surface area (Å²) >= 11 is 0. The Balaban J connectivity index is 1.64. The highest BCUT2D eigenvalue weighted by molar-refractivity contribution is 6.04. The van der Waals surface area contributed by atoms with E-state index in [-0.39, 0.29) is 19.1 Å². The lowest BCUT2D eigenvalue weighted by Crippen LogP contribution is -2.12. The van der Waals surface area contributed by atoms with E-state index in [9.17, 15) is 4.79 Å². The van der Waals surface area contributed by atoms with Crippen molar-refractivity contribution in [2.75, 3.05) is 18.5 Å². The monoisotopic (exact) mass is 323 g/mol. The Morgan fingerprint density at radius 2 is 1.88 bits per heavy atom. The van der Waals surface area contributed by atoms with Gasteiger partial charge in [0.15, 0.2) is 0 Å². The molecule has 0 saturated heterocycles. The Bertz CT molecular complexity index is 781. The van der Waals surface area contributed by atoms with Crippen molar-refractivity contribution in [2.24, 2.45) is 0 Å². The van der Waals surface area contributed by atoms with Crippen LogP contribution in [-0.4, -0.2) is 33.8 Å². The number of hydrogen-bond acceptors (Lipinski definition) is 4. The fourth-order valence-corrected chi connectivity index (χ4v) is 2.16. The average molecular weight is 323 g/mol. The molecule has 24 heavy (non-hydrogen) atoms. The summed E-state index contributed by atoms with van der Waals surface area (Å²) in [5.74, 6) is 1.16. The molecule has 0 atom stereocenters. The molecule has 3 rings (SSSR count). The zero-order chi connectivity index (χ0) is 16.8. The third-order valence-electron chi connectivity index (χ3n) is 3.35. The van der Waals surface area contributed by atoms with Crippen LogP contribution in [0.2, 0.25) is 0 Å². The first-order chi connectivity index (χ1) is 11.8. The van der Waals surface area contributed by atoms with Crippen LogP contribution in [0.5, 0.6) is 5.75 Å². The molecular weight excluding hydrogens is 306 g/mol. The van der Waals surface area contributed by atoms with E-state index in [1.54, 1.807) is 42.6 Å². The summed E-state index contributed by atoms with van der Waals surface area (Å²) in [4.78, 5) is 16.5. The summed E-state index contributed by atoms with van der Waals surface area (Å²) < 4.78 is 7.14. The number of rotatable bonds is 6. The van der Waals surface area contributed by atoms with Crippen LogP contribution in [0.15, 0.2) is 67.1 Å². The highest BCUT2D eigenvalue weighted by Gasteiger charge is 2.07. The van der Waals surface area contributed by atoms with Crippen LogP contribution in [-0.2, 0) is 0 Å². The Morgan fingerprint density at radius 1 is 1.12 bits per heavy atom. The summed E-state index contributed by atoms with van der Waals surface area (Å²) in [6.07, 6.45) is 5.33. The second-order valence-electron chi connectivity index (χ2n) is 5.05. The van der Waals surface area contributed by atoms with Gasteiger partial charge in [0.25, 0.3) is 5.91 Å². The first-order valence-corrected chi connectivity index (χ1v) is 7.51. The smallest absolute Gasteiger partial charge is 0.257 e. The van der Waals surface area contributed by atoms with E-state index >= 15 is 0 Å². The minimum atomic E-state index is -0.231. The molecule has 2 heterocycles. The van der Waals surface area contributed by atoms with Crippen molar-refractivity contribution in [3.8, 4) is 11.6 Å². The number of nitrogens with one attached hydrogen (secondary N) is 1. The molecule has 3 aromatic rings. The summed E-state index contributed by atoms with van der Waals surface area (Å²) in [7, 11) is 0. The minimum Gasteiger partial charge on any atom is -0.491 e. The predicted octanol–water partition coefficient (Wildman–Crippen LogP) is 2.50. The molecule has 2 N–H and O–H groups in total. The van der Waals surface area contributed by atoms with Gasteiger partial charge in [0.2, 0.25) is 0 Å². The van der Waals surface area contributed by atoms with Crippen molar-refractivity contribution in [3.05, 3.63) is 72.7 Å². The Kier molecular flexibility index (Phi) is 4.88. The van der Waals surface area contributed by atoms with E-state index in [1.165, 1.54) is 0 Å². The molecule has 0 bridgehead atoms. The van der Waals surface area contributed by atoms with Gasteiger partial charge in [-0.05, 0) is 48.5 Å². The number of ether oxygens (including phenoxy) is 1. The molecule has 122 valence electrons. The topological polar surface area (TPSA) is 76.4 Å². The number of benzene rings is 1. The van der Waals surface area contributed by atoms with Gasteiger partial charge < -0.3 is 19.7 Å². The summed E-state index contributed by atoms with van der Waals surface area (Å²) in [5.41, 5.74) is 1.14. The van der Waals surface area contributed by atoms with Crippen molar-refractivity contribution < 1.29 is 14.6 Å². The van der Waals surface area contributed by atoms with Crippen LogP contribution in [0.25, 0.3) is 5.82 Å². The number of anilines is 1. The minimum absolute atomic E-state index is 0.0372. The van der Waals surface area contributed by atoms with Crippen molar-refractivity contribution in [1.82, 2.24) is 9.55 Å². The zero-order valence-electron chi connectivity index (χ0n) is 12.9. The fourth-order valence-electron chi connectivity index (χ4n) is 2.16. The molecule has 0 saturated carbocycles. The van der Waals surface area contributed by atoms with Gasteiger partial charge in [0.05, 0.1) is 12.2 Å². The largest absolute Gasteiger partial charge is 0.491 e. The summed E-state index contributed by atoms with van der Waals surface area (Å²) in [6.45, 7) is 0.204. The van der Waals surface area contributed by atoms with Gasteiger partial charge in [0, 0.05) is 24.3 Å². The van der Waals surface area contributed by atoms with Gasteiger partial charge in [-0.1, -0.05) is 0 Å². The number of aromatic nitrogens is 2. The third-order valence-corrected chi connectivity index (χ3v) is 3.35. The van der Waals surface area contributed by atoms with Crippen LogP contribution in [0.4, 0.5) is 5.69 Å². The van der Waals surface area contributed by atoms with E-state index < -0.39 is 0 Å². The average Bonchev–Trinajstić information content (AvgIpc) is 3.16. The highest BCUT2D eigenvalue weighted by Crippen LogP contribution is 2.16. The summed E-state index contributed by atoms with van der Waals surface area (Å²) in [5, 5.41) is 11.5. The maximum Gasteiger partial charge on any atom is 0.257 e. The van der Waals surface area contributed by atoms with Crippen LogP contribution in [0, 0.1) is 0 Å². The zero-order valence-corrected chi connectivity index (χ0v) is 12.9. The number of hydrogen-bond donors (Lipinski definition) is 2. The molecule has 1 amide bonds. The van der Waals surface area contributed by atoms with Gasteiger partial charge >= 0.3 is 0 Å². The molecule has 0 spiro atoms. The molecule has 0 aliphatic rings. The SMILES string of the molecule is O=C(Nc1ccc(OCCO)cc1)c1ccc(-n2cccc2)nc1. The maximum absolute atomic E-state index is 12.2. The highest BCUT2D eigenvalue weighted by atomic mass is 16.5. The number of nitrogens with zero attached hydrogens (tertiary/aromatic N) is 2. The van der Waals surface area contributed by atoms with Gasteiger partial charge in [-0.3, -0.25) is 4.79 Å². The number of aliphatic hydroxyl groups is 1. The number of aliphatic hydroxyl groups excluding tert-OH is 1. The van der Waals surface area contributed by atoms with Crippen LogP contribution in [0.1, 0.15) is 10.4 Å². The molecule has 0 fully saturated rings. The normalized spacial score (nSPS) is 10.4. The molecule has 0 radical (unpaired) electrons. The molecule has 0 aliphatic carbocycles. The second kappa shape index (κ2) is 7.43. The van der Waals surface area contributed by atoms with Crippen LogP contribution < -0.4 is 10.1 Å². The van der Waals surface area contributed by atoms with Crippen LogP contribution in [0.3, 0.4) is 0 Å². The predicted molar refractivity (Wildman–Crippen MR) is 90.5 cm³/mol. The van der Waals surface area contributed by atoms with Gasteiger partial charge in [-0.25, -0.2) is 4.98 Å². The first-order valence-electron chi connectivity index (χ1n) is 7.51. The molecular formula is C18H17N3O3. The Hall–Kier alpha value is -3.12. The van der Waals surface area contributed by atoms with E-state index in [0.717, 1.165) is 5.82 Å². The first kappa shape index (κ1) is 15.8. The van der Waals surface area contributed by atoms with E-state index in [4.69, 9.17) is 9.84 Å². The lowest BCUT2D eigenvalue weighted by molar-refractivity contribution is 0.102. The lowest BCUT2D eigenvalue weighted by Gasteiger charge is -2.08. The molecule has 6 heteroatoms. The fraction of sp³-hybridized carbons (Fsp3) is 0.111. The van der Waals surface area contributed by atoms with Crippen molar-refractivity contribution in [3.63, 3.8) is 0 Å². The van der Waals surface area contributed by atoms with E-state index in [0.29, 0.717) is 17.0 Å². The molecule has 2 aromatic heterocycles. The van der Waals surface area contributed by atoms with Crippen molar-refractivity contribution in [1.29, 1.82) is 0 Å². The molecule has 6 nitrogen and oxygen atoms in total. The van der Waals surface area contributed by atoms with Crippen LogP contribution >= 0.6 is 0 Å². The maximum atomic E-state index is 12.2. The molecule has 0 aliphatic heterocycles. The Morgan fingerprint density at radius 3 is 2.50 bits per heavy atom. The lowest BCUT2D eigenvalue weighted by atomic mass is 10.2. The van der Waals surface area contributed by atoms with E-state index in [1.807, 2.05) is 29.1 Å².